The van der Waals surface area contributed by atoms with Gasteiger partial charge in [-0.25, -0.2) is 9.18 Å². The minimum absolute atomic E-state index is 0.209. The molecule has 2 heterocycles. The van der Waals surface area contributed by atoms with Crippen molar-refractivity contribution in [1.82, 2.24) is 5.32 Å². The molecule has 1 N–H and O–H groups in total. The van der Waals surface area contributed by atoms with Crippen molar-refractivity contribution in [3.05, 3.63) is 35.6 Å². The summed E-state index contributed by atoms with van der Waals surface area (Å²) in [6.07, 6.45) is 0.509. The Morgan fingerprint density at radius 2 is 2.33 bits per heavy atom. The first-order valence-electron chi connectivity index (χ1n) is 7.28. The highest BCUT2D eigenvalue weighted by Crippen LogP contribution is 2.29. The van der Waals surface area contributed by atoms with Crippen LogP contribution in [0.1, 0.15) is 6.92 Å². The van der Waals surface area contributed by atoms with Crippen molar-refractivity contribution < 1.29 is 23.3 Å². The summed E-state index contributed by atoms with van der Waals surface area (Å²) in [5, 5.41) is 4.08. The van der Waals surface area contributed by atoms with E-state index in [1.165, 1.54) is 29.4 Å². The van der Waals surface area contributed by atoms with Gasteiger partial charge in [0, 0.05) is 18.1 Å². The zero-order valence-corrected chi connectivity index (χ0v) is 13.7. The lowest BCUT2D eigenvalue weighted by Crippen LogP contribution is -2.33. The number of nitrogens with one attached hydrogen (secondary N) is 1. The lowest BCUT2D eigenvalue weighted by Gasteiger charge is -2.18. The number of hydrogen-bond donors (Lipinski definition) is 1. The van der Waals surface area contributed by atoms with Gasteiger partial charge in [0.05, 0.1) is 30.7 Å². The minimum Gasteiger partial charge on any atom is -0.610 e. The molecule has 1 saturated heterocycles. The van der Waals surface area contributed by atoms with Gasteiger partial charge in [-0.05, 0) is 18.2 Å². The van der Waals surface area contributed by atoms with Gasteiger partial charge < -0.3 is 14.6 Å². The average Bonchev–Trinajstić information content (AvgIpc) is 3.11. The lowest BCUT2D eigenvalue weighted by molar-refractivity contribution is -0.119. The Morgan fingerprint density at radius 3 is 2.96 bits per heavy atom. The third kappa shape index (κ3) is 3.46. The molecule has 9 heteroatoms. The summed E-state index contributed by atoms with van der Waals surface area (Å²) in [6.45, 7) is 1.82. The van der Waals surface area contributed by atoms with Crippen LogP contribution < -0.4 is 15.1 Å². The number of benzene rings is 1. The topological polar surface area (TPSA) is 84.9 Å². The molecule has 0 spiro atoms. The molecule has 24 heavy (non-hydrogen) atoms. The molecule has 2 atom stereocenters. The second-order valence-electron chi connectivity index (χ2n) is 5.45. The molecule has 1 fully saturated rings. The number of carbonyl (C=O) groups excluding carboxylic acids is 2. The summed E-state index contributed by atoms with van der Waals surface area (Å²) >= 11 is -1.13. The molecule has 0 unspecified atom stereocenters. The van der Waals surface area contributed by atoms with Gasteiger partial charge in [-0.15, -0.1) is 0 Å². The van der Waals surface area contributed by atoms with E-state index in [0.717, 1.165) is 0 Å². The zero-order chi connectivity index (χ0) is 17.3. The quantitative estimate of drug-likeness (QED) is 0.825. The zero-order valence-electron chi connectivity index (χ0n) is 12.9. The number of amides is 2. The summed E-state index contributed by atoms with van der Waals surface area (Å²) in [5.74, 6) is -0.522. The molecule has 2 aliphatic heterocycles. The van der Waals surface area contributed by atoms with Crippen molar-refractivity contribution in [2.75, 3.05) is 28.8 Å². The number of hydrogen-bond acceptors (Lipinski definition) is 5. The summed E-state index contributed by atoms with van der Waals surface area (Å²) in [4.78, 5) is 25.7. The van der Waals surface area contributed by atoms with Gasteiger partial charge >= 0.3 is 6.09 Å². The Bertz CT molecular complexity index is 699. The average molecular weight is 353 g/mol. The molecule has 1 aromatic rings. The Balaban J connectivity index is 1.71. The van der Waals surface area contributed by atoms with Crippen LogP contribution in [-0.2, 0) is 20.7 Å². The van der Waals surface area contributed by atoms with Crippen LogP contribution in [0.4, 0.5) is 20.6 Å². The second-order valence-corrected chi connectivity index (χ2v) is 6.75. The molecule has 0 aromatic heterocycles. The fourth-order valence-electron chi connectivity index (χ4n) is 2.51. The van der Waals surface area contributed by atoms with Crippen molar-refractivity contribution in [2.24, 2.45) is 0 Å². The van der Waals surface area contributed by atoms with Gasteiger partial charge in [-0.3, -0.25) is 14.6 Å². The monoisotopic (exact) mass is 353 g/mol. The maximum absolute atomic E-state index is 14.4. The van der Waals surface area contributed by atoms with Crippen LogP contribution >= 0.6 is 0 Å². The van der Waals surface area contributed by atoms with Crippen LogP contribution in [0.15, 0.2) is 29.8 Å². The summed E-state index contributed by atoms with van der Waals surface area (Å²) < 4.78 is 30.9. The van der Waals surface area contributed by atoms with Gasteiger partial charge in [-0.2, -0.15) is 0 Å². The van der Waals surface area contributed by atoms with Gasteiger partial charge in [-0.1, -0.05) is 0 Å². The highest BCUT2D eigenvalue weighted by atomic mass is 32.2. The first-order chi connectivity index (χ1) is 11.4. The van der Waals surface area contributed by atoms with Gasteiger partial charge in [0.2, 0.25) is 5.91 Å². The fourth-order valence-corrected chi connectivity index (χ4v) is 3.38. The number of nitrogens with zero attached hydrogens (tertiary/aromatic N) is 2. The summed E-state index contributed by atoms with van der Waals surface area (Å²) in [6, 6.07) is 4.38. The maximum Gasteiger partial charge on any atom is 0.414 e. The van der Waals surface area contributed by atoms with Crippen molar-refractivity contribution in [3.63, 3.8) is 0 Å². The Kier molecular flexibility index (Phi) is 4.63. The van der Waals surface area contributed by atoms with E-state index in [0.29, 0.717) is 11.4 Å². The smallest absolute Gasteiger partial charge is 0.414 e. The van der Waals surface area contributed by atoms with Crippen molar-refractivity contribution in [1.29, 1.82) is 0 Å². The van der Waals surface area contributed by atoms with Crippen LogP contribution in [0, 0.1) is 5.82 Å². The van der Waals surface area contributed by atoms with Crippen molar-refractivity contribution >= 4 is 34.6 Å². The molecule has 1 aromatic carbocycles. The highest BCUT2D eigenvalue weighted by molar-refractivity contribution is 7.94. The van der Waals surface area contributed by atoms with E-state index in [4.69, 9.17) is 4.74 Å². The SMILES string of the molecule is CC(=O)NC[C@H]1CN(c2ccc(N3C=C[S@+]([O-])C3)c(F)c2)C(=O)O1. The third-order valence-corrected chi connectivity index (χ3v) is 4.62. The number of carbonyl (C=O) groups is 2. The molecule has 2 aliphatic rings. The largest absolute Gasteiger partial charge is 0.610 e. The number of halogens is 1. The van der Waals surface area contributed by atoms with E-state index in [1.807, 2.05) is 0 Å². The summed E-state index contributed by atoms with van der Waals surface area (Å²) in [7, 11) is 0. The molecule has 0 radical (unpaired) electrons. The number of rotatable bonds is 4. The van der Waals surface area contributed by atoms with E-state index in [-0.39, 0.29) is 24.9 Å². The molecular formula is C15H16FN3O4S. The molecule has 0 bridgehead atoms. The van der Waals surface area contributed by atoms with Gasteiger partial charge in [0.15, 0.2) is 5.88 Å². The maximum atomic E-state index is 14.4. The molecule has 0 saturated carbocycles. The molecule has 0 aliphatic carbocycles. The number of ether oxygens (including phenoxy) is 1. The van der Waals surface area contributed by atoms with Crippen LogP contribution in [0.3, 0.4) is 0 Å². The van der Waals surface area contributed by atoms with E-state index < -0.39 is 29.2 Å². The van der Waals surface area contributed by atoms with Gasteiger partial charge in [0.25, 0.3) is 0 Å². The normalized spacial score (nSPS) is 22.9. The van der Waals surface area contributed by atoms with E-state index in [9.17, 15) is 18.5 Å². The van der Waals surface area contributed by atoms with E-state index >= 15 is 0 Å². The third-order valence-electron chi connectivity index (χ3n) is 3.66. The minimum atomic E-state index is -1.13. The summed E-state index contributed by atoms with van der Waals surface area (Å²) in [5.41, 5.74) is 0.666. The van der Waals surface area contributed by atoms with Crippen molar-refractivity contribution in [2.45, 2.75) is 13.0 Å². The highest BCUT2D eigenvalue weighted by Gasteiger charge is 2.33. The van der Waals surface area contributed by atoms with Gasteiger partial charge in [0.1, 0.15) is 17.3 Å². The fraction of sp³-hybridized carbons (Fsp3) is 0.333. The molecular weight excluding hydrogens is 337 g/mol. The Morgan fingerprint density at radius 1 is 1.54 bits per heavy atom. The van der Waals surface area contributed by atoms with Crippen LogP contribution in [0.2, 0.25) is 0 Å². The number of cyclic esters (lactones) is 1. The molecule has 7 nitrogen and oxygen atoms in total. The molecule has 128 valence electrons. The van der Waals surface area contributed by atoms with E-state index in [2.05, 4.69) is 5.32 Å². The van der Waals surface area contributed by atoms with Crippen LogP contribution in [0.5, 0.6) is 0 Å². The Hall–Kier alpha value is -2.26. The van der Waals surface area contributed by atoms with Crippen LogP contribution in [0.25, 0.3) is 0 Å². The van der Waals surface area contributed by atoms with Crippen molar-refractivity contribution in [3.8, 4) is 0 Å². The first kappa shape index (κ1) is 16.6. The molecule has 3 rings (SSSR count). The first-order valence-corrected chi connectivity index (χ1v) is 8.66. The second kappa shape index (κ2) is 6.70. The van der Waals surface area contributed by atoms with E-state index in [1.54, 1.807) is 17.2 Å². The van der Waals surface area contributed by atoms with Crippen LogP contribution in [-0.4, -0.2) is 41.6 Å². The predicted octanol–water partition coefficient (Wildman–Crippen LogP) is 1.28. The predicted molar refractivity (Wildman–Crippen MR) is 87.3 cm³/mol. The Labute approximate surface area is 141 Å². The lowest BCUT2D eigenvalue weighted by atomic mass is 10.2. The number of anilines is 2. The standard InChI is InChI=1S/C15H16FN3O4S/c1-10(20)17-7-12-8-19(15(21)23-12)11-2-3-14(13(16)6-11)18-4-5-24(22)9-18/h2-6,12H,7-9H2,1H3,(H,17,20)/t12-,24-/m0/s1. The molecule has 2 amide bonds.